The van der Waals surface area contributed by atoms with Crippen molar-refractivity contribution >= 4 is 11.7 Å². The van der Waals surface area contributed by atoms with E-state index in [9.17, 15) is 9.59 Å². The molecule has 0 aliphatic heterocycles. The third-order valence-corrected chi connectivity index (χ3v) is 1.26. The first-order valence-corrected chi connectivity index (χ1v) is 4.18. The van der Waals surface area contributed by atoms with E-state index >= 15 is 0 Å². The topological polar surface area (TPSA) is 46.2 Å². The molecule has 0 aromatic carbocycles. The van der Waals surface area contributed by atoms with Crippen LogP contribution < -0.4 is 5.32 Å². The normalized spacial score (nSPS) is 10.9. The lowest BCUT2D eigenvalue weighted by atomic mass is 10.3. The molecule has 0 unspecified atom stereocenters. The highest BCUT2D eigenvalue weighted by atomic mass is 16.1. The van der Waals surface area contributed by atoms with Gasteiger partial charge in [-0.1, -0.05) is 24.3 Å². The quantitative estimate of drug-likeness (QED) is 0.648. The first-order chi connectivity index (χ1) is 6.13. The number of hydrogen-bond donors (Lipinski definition) is 1. The highest BCUT2D eigenvalue weighted by molar-refractivity contribution is 5.77. The third kappa shape index (κ3) is 10.6. The Morgan fingerprint density at radius 2 is 1.77 bits per heavy atom. The molecule has 72 valence electrons. The second-order valence-corrected chi connectivity index (χ2v) is 2.70. The first-order valence-electron chi connectivity index (χ1n) is 4.18. The molecule has 0 fully saturated rings. The van der Waals surface area contributed by atoms with Crippen molar-refractivity contribution in [1.29, 1.82) is 0 Å². The molecule has 0 aliphatic rings. The van der Waals surface area contributed by atoms with Gasteiger partial charge < -0.3 is 5.32 Å². The Bertz CT molecular complexity index is 229. The van der Waals surface area contributed by atoms with Crippen molar-refractivity contribution in [3.05, 3.63) is 24.3 Å². The molecule has 0 saturated heterocycles. The largest absolute Gasteiger partial charge is 0.353 e. The molecular formula is C10H15NO2. The van der Waals surface area contributed by atoms with Crippen molar-refractivity contribution in [2.45, 2.75) is 20.3 Å². The van der Waals surface area contributed by atoms with E-state index in [0.29, 0.717) is 13.0 Å². The van der Waals surface area contributed by atoms with Crippen LogP contribution in [0.2, 0.25) is 0 Å². The first kappa shape index (κ1) is 11.6. The number of allylic oxidation sites excluding steroid dienone is 3. The summed E-state index contributed by atoms with van der Waals surface area (Å²) in [6.45, 7) is 3.55. The van der Waals surface area contributed by atoms with Gasteiger partial charge in [0, 0.05) is 19.9 Å². The van der Waals surface area contributed by atoms with E-state index in [1.807, 2.05) is 6.08 Å². The molecule has 0 atom stereocenters. The molecule has 0 spiro atoms. The number of carbonyl (C=O) groups is 2. The number of rotatable bonds is 5. The van der Waals surface area contributed by atoms with Gasteiger partial charge in [-0.3, -0.25) is 9.59 Å². The Balaban J connectivity index is 3.45. The van der Waals surface area contributed by atoms with Crippen LogP contribution in [0.1, 0.15) is 20.3 Å². The summed E-state index contributed by atoms with van der Waals surface area (Å²) in [6, 6.07) is 0. The molecule has 0 bridgehead atoms. The fraction of sp³-hybridized carbons (Fsp3) is 0.400. The van der Waals surface area contributed by atoms with Gasteiger partial charge in [-0.2, -0.15) is 0 Å². The molecule has 0 radical (unpaired) electrons. The van der Waals surface area contributed by atoms with E-state index in [1.54, 1.807) is 25.2 Å². The van der Waals surface area contributed by atoms with Crippen molar-refractivity contribution in [3.8, 4) is 0 Å². The average molecular weight is 181 g/mol. The molecular weight excluding hydrogens is 166 g/mol. The van der Waals surface area contributed by atoms with Gasteiger partial charge in [0.05, 0.1) is 0 Å². The van der Waals surface area contributed by atoms with E-state index in [0.717, 1.165) is 0 Å². The summed E-state index contributed by atoms with van der Waals surface area (Å²) in [5.74, 6) is 0.101. The van der Waals surface area contributed by atoms with Gasteiger partial charge in [-0.25, -0.2) is 0 Å². The van der Waals surface area contributed by atoms with Crippen molar-refractivity contribution in [3.63, 3.8) is 0 Å². The van der Waals surface area contributed by atoms with E-state index in [-0.39, 0.29) is 11.7 Å². The molecule has 13 heavy (non-hydrogen) atoms. The minimum Gasteiger partial charge on any atom is -0.353 e. The molecule has 0 aromatic heterocycles. The molecule has 0 aliphatic carbocycles. The Morgan fingerprint density at radius 3 is 2.31 bits per heavy atom. The maximum Gasteiger partial charge on any atom is 0.217 e. The lowest BCUT2D eigenvalue weighted by Gasteiger charge is -1.92. The van der Waals surface area contributed by atoms with Gasteiger partial charge in [0.1, 0.15) is 5.78 Å². The third-order valence-electron chi connectivity index (χ3n) is 1.26. The van der Waals surface area contributed by atoms with Crippen LogP contribution >= 0.6 is 0 Å². The Labute approximate surface area is 78.5 Å². The number of carbonyl (C=O) groups excluding carboxylic acids is 2. The molecule has 0 rings (SSSR count). The lowest BCUT2D eigenvalue weighted by Crippen LogP contribution is -2.19. The SMILES string of the molecule is CC(=O)C/C=C\C=C/CNC(C)=O. The summed E-state index contributed by atoms with van der Waals surface area (Å²) in [5, 5.41) is 2.62. The summed E-state index contributed by atoms with van der Waals surface area (Å²) in [4.78, 5) is 20.9. The van der Waals surface area contributed by atoms with Crippen LogP contribution in [0.5, 0.6) is 0 Å². The van der Waals surface area contributed by atoms with Crippen LogP contribution in [0.3, 0.4) is 0 Å². The second-order valence-electron chi connectivity index (χ2n) is 2.70. The van der Waals surface area contributed by atoms with Crippen LogP contribution in [0.25, 0.3) is 0 Å². The number of Topliss-reactive ketones (excluding diaryl/α,β-unsaturated/α-hetero) is 1. The summed E-state index contributed by atoms with van der Waals surface area (Å²) in [6.07, 6.45) is 7.66. The maximum atomic E-state index is 10.5. The number of amides is 1. The van der Waals surface area contributed by atoms with Crippen LogP contribution in [0, 0.1) is 0 Å². The molecule has 0 saturated carbocycles. The predicted octanol–water partition coefficient (Wildman–Crippen LogP) is 1.21. The molecule has 1 amide bonds. The summed E-state index contributed by atoms with van der Waals surface area (Å²) in [7, 11) is 0. The summed E-state index contributed by atoms with van der Waals surface area (Å²) < 4.78 is 0. The van der Waals surface area contributed by atoms with Gasteiger partial charge in [-0.05, 0) is 6.92 Å². The standard InChI is InChI=1S/C10H15NO2/c1-9(12)7-5-3-4-6-8-11-10(2)13/h3-6H,7-8H2,1-2H3,(H,11,13)/b5-3-,6-4-. The summed E-state index contributed by atoms with van der Waals surface area (Å²) >= 11 is 0. The monoisotopic (exact) mass is 181 g/mol. The fourth-order valence-electron chi connectivity index (χ4n) is 0.662. The van der Waals surface area contributed by atoms with E-state index in [2.05, 4.69) is 5.32 Å². The Kier molecular flexibility index (Phi) is 6.51. The zero-order chi connectivity index (χ0) is 10.1. The fourth-order valence-corrected chi connectivity index (χ4v) is 0.662. The number of nitrogens with one attached hydrogen (secondary N) is 1. The van der Waals surface area contributed by atoms with Gasteiger partial charge in [0.15, 0.2) is 0 Å². The van der Waals surface area contributed by atoms with Crippen LogP contribution in [-0.4, -0.2) is 18.2 Å². The minimum atomic E-state index is -0.0441. The molecule has 0 heterocycles. The zero-order valence-corrected chi connectivity index (χ0v) is 8.04. The highest BCUT2D eigenvalue weighted by Crippen LogP contribution is 1.85. The smallest absolute Gasteiger partial charge is 0.217 e. The maximum absolute atomic E-state index is 10.5. The number of hydrogen-bond acceptors (Lipinski definition) is 2. The number of ketones is 1. The Hall–Kier alpha value is -1.38. The van der Waals surface area contributed by atoms with E-state index in [4.69, 9.17) is 0 Å². The van der Waals surface area contributed by atoms with Crippen molar-refractivity contribution in [2.75, 3.05) is 6.54 Å². The van der Waals surface area contributed by atoms with Gasteiger partial charge in [0.2, 0.25) is 5.91 Å². The van der Waals surface area contributed by atoms with Crippen molar-refractivity contribution < 1.29 is 9.59 Å². The van der Waals surface area contributed by atoms with Crippen LogP contribution in [0.15, 0.2) is 24.3 Å². The zero-order valence-electron chi connectivity index (χ0n) is 8.04. The van der Waals surface area contributed by atoms with Crippen molar-refractivity contribution in [1.82, 2.24) is 5.32 Å². The van der Waals surface area contributed by atoms with Crippen molar-refractivity contribution in [2.24, 2.45) is 0 Å². The molecule has 1 N–H and O–H groups in total. The van der Waals surface area contributed by atoms with E-state index in [1.165, 1.54) is 6.92 Å². The van der Waals surface area contributed by atoms with Crippen LogP contribution in [0.4, 0.5) is 0 Å². The average Bonchev–Trinajstić information content (AvgIpc) is 2.01. The molecule has 3 nitrogen and oxygen atoms in total. The highest BCUT2D eigenvalue weighted by Gasteiger charge is 1.84. The van der Waals surface area contributed by atoms with Gasteiger partial charge >= 0.3 is 0 Å². The molecule has 0 aromatic rings. The minimum absolute atomic E-state index is 0.0441. The lowest BCUT2D eigenvalue weighted by molar-refractivity contribution is -0.119. The second kappa shape index (κ2) is 7.28. The molecule has 3 heteroatoms. The van der Waals surface area contributed by atoms with Gasteiger partial charge in [-0.15, -0.1) is 0 Å². The Morgan fingerprint density at radius 1 is 1.15 bits per heavy atom. The van der Waals surface area contributed by atoms with E-state index < -0.39 is 0 Å². The van der Waals surface area contributed by atoms with Gasteiger partial charge in [0.25, 0.3) is 0 Å². The van der Waals surface area contributed by atoms with Crippen LogP contribution in [-0.2, 0) is 9.59 Å². The predicted molar refractivity (Wildman–Crippen MR) is 52.3 cm³/mol. The summed E-state index contributed by atoms with van der Waals surface area (Å²) in [5.41, 5.74) is 0.